The summed E-state index contributed by atoms with van der Waals surface area (Å²) >= 11 is 0. The summed E-state index contributed by atoms with van der Waals surface area (Å²) in [4.78, 5) is 0. The number of benzene rings is 1. The SMILES string of the molecule is Cc1cc(C)cc(CNC2CCCCCCC2)c1. The summed E-state index contributed by atoms with van der Waals surface area (Å²) in [7, 11) is 0. The van der Waals surface area contributed by atoms with E-state index in [1.807, 2.05) is 0 Å². The third kappa shape index (κ3) is 4.45. The van der Waals surface area contributed by atoms with Gasteiger partial charge in [0.2, 0.25) is 0 Å². The summed E-state index contributed by atoms with van der Waals surface area (Å²) in [5.41, 5.74) is 4.20. The lowest BCUT2D eigenvalue weighted by Crippen LogP contribution is -2.29. The maximum Gasteiger partial charge on any atom is 0.0208 e. The quantitative estimate of drug-likeness (QED) is 0.826. The largest absolute Gasteiger partial charge is 0.310 e. The van der Waals surface area contributed by atoms with Crippen molar-refractivity contribution in [3.63, 3.8) is 0 Å². The smallest absolute Gasteiger partial charge is 0.0208 e. The summed E-state index contributed by atoms with van der Waals surface area (Å²) in [6.45, 7) is 5.41. The van der Waals surface area contributed by atoms with Crippen molar-refractivity contribution in [1.29, 1.82) is 0 Å². The second-order valence-corrected chi connectivity index (χ2v) is 5.92. The van der Waals surface area contributed by atoms with Gasteiger partial charge in [-0.05, 0) is 32.3 Å². The number of rotatable bonds is 3. The molecule has 1 N–H and O–H groups in total. The van der Waals surface area contributed by atoms with E-state index in [0.29, 0.717) is 0 Å². The predicted octanol–water partition coefficient (Wildman–Crippen LogP) is 4.51. The molecule has 0 spiro atoms. The molecule has 0 amide bonds. The Morgan fingerprint density at radius 1 is 0.889 bits per heavy atom. The highest BCUT2D eigenvalue weighted by Gasteiger charge is 2.10. The molecule has 0 heterocycles. The van der Waals surface area contributed by atoms with E-state index in [0.717, 1.165) is 12.6 Å². The van der Waals surface area contributed by atoms with Crippen LogP contribution in [-0.4, -0.2) is 6.04 Å². The van der Waals surface area contributed by atoms with Gasteiger partial charge in [0.25, 0.3) is 0 Å². The van der Waals surface area contributed by atoms with Crippen LogP contribution in [0.15, 0.2) is 18.2 Å². The first-order valence-electron chi connectivity index (χ1n) is 7.54. The van der Waals surface area contributed by atoms with Gasteiger partial charge in [-0.1, -0.05) is 61.4 Å². The fourth-order valence-electron chi connectivity index (χ4n) is 3.09. The molecule has 18 heavy (non-hydrogen) atoms. The van der Waals surface area contributed by atoms with Crippen molar-refractivity contribution >= 4 is 0 Å². The Bertz CT molecular complexity index is 342. The highest BCUT2D eigenvalue weighted by Crippen LogP contribution is 2.18. The van der Waals surface area contributed by atoms with Crippen LogP contribution in [0.4, 0.5) is 0 Å². The van der Waals surface area contributed by atoms with Gasteiger partial charge in [0.1, 0.15) is 0 Å². The Morgan fingerprint density at radius 3 is 2.06 bits per heavy atom. The molecule has 0 radical (unpaired) electrons. The lowest BCUT2D eigenvalue weighted by atomic mass is 9.96. The second-order valence-electron chi connectivity index (χ2n) is 5.92. The molecule has 0 aliphatic heterocycles. The van der Waals surface area contributed by atoms with Crippen LogP contribution in [0.5, 0.6) is 0 Å². The van der Waals surface area contributed by atoms with Crippen molar-refractivity contribution in [1.82, 2.24) is 5.32 Å². The zero-order valence-electron chi connectivity index (χ0n) is 12.0. The topological polar surface area (TPSA) is 12.0 Å². The van der Waals surface area contributed by atoms with Gasteiger partial charge in [-0.15, -0.1) is 0 Å². The van der Waals surface area contributed by atoms with E-state index in [-0.39, 0.29) is 0 Å². The molecule has 1 saturated carbocycles. The van der Waals surface area contributed by atoms with Crippen molar-refractivity contribution in [2.24, 2.45) is 0 Å². The molecule has 0 aromatic heterocycles. The molecule has 0 atom stereocenters. The summed E-state index contributed by atoms with van der Waals surface area (Å²) in [6.07, 6.45) is 9.86. The molecule has 2 rings (SSSR count). The van der Waals surface area contributed by atoms with Crippen LogP contribution in [0.2, 0.25) is 0 Å². The predicted molar refractivity (Wildman–Crippen MR) is 78.9 cm³/mol. The third-order valence-corrected chi connectivity index (χ3v) is 3.98. The number of aryl methyl sites for hydroxylation is 2. The van der Waals surface area contributed by atoms with Crippen LogP contribution in [0.25, 0.3) is 0 Å². The number of nitrogens with one attached hydrogen (secondary N) is 1. The monoisotopic (exact) mass is 245 g/mol. The van der Waals surface area contributed by atoms with Crippen molar-refractivity contribution in [2.75, 3.05) is 0 Å². The Labute approximate surface area is 112 Å². The van der Waals surface area contributed by atoms with Gasteiger partial charge in [-0.2, -0.15) is 0 Å². The van der Waals surface area contributed by atoms with E-state index >= 15 is 0 Å². The van der Waals surface area contributed by atoms with Crippen LogP contribution < -0.4 is 5.32 Å². The zero-order valence-corrected chi connectivity index (χ0v) is 12.0. The van der Waals surface area contributed by atoms with Crippen molar-refractivity contribution in [2.45, 2.75) is 71.4 Å². The fraction of sp³-hybridized carbons (Fsp3) is 0.647. The highest BCUT2D eigenvalue weighted by molar-refractivity contribution is 5.28. The van der Waals surface area contributed by atoms with Gasteiger partial charge >= 0.3 is 0 Å². The van der Waals surface area contributed by atoms with E-state index in [2.05, 4.69) is 37.4 Å². The fourth-order valence-corrected chi connectivity index (χ4v) is 3.09. The average molecular weight is 245 g/mol. The average Bonchev–Trinajstić information content (AvgIpc) is 2.26. The standard InChI is InChI=1S/C17H27N/c1-14-10-15(2)12-16(11-14)13-18-17-8-6-4-3-5-7-9-17/h10-12,17-18H,3-9,13H2,1-2H3. The maximum atomic E-state index is 3.76. The van der Waals surface area contributed by atoms with Gasteiger partial charge in [-0.25, -0.2) is 0 Å². The highest BCUT2D eigenvalue weighted by atomic mass is 14.9. The molecule has 1 aromatic carbocycles. The van der Waals surface area contributed by atoms with Gasteiger partial charge in [0.05, 0.1) is 0 Å². The molecule has 1 aliphatic carbocycles. The van der Waals surface area contributed by atoms with Crippen LogP contribution in [0.3, 0.4) is 0 Å². The third-order valence-electron chi connectivity index (χ3n) is 3.98. The van der Waals surface area contributed by atoms with Gasteiger partial charge < -0.3 is 5.32 Å². The van der Waals surface area contributed by atoms with Crippen LogP contribution in [-0.2, 0) is 6.54 Å². The van der Waals surface area contributed by atoms with Gasteiger partial charge in [0, 0.05) is 12.6 Å². The molecule has 1 fully saturated rings. The lowest BCUT2D eigenvalue weighted by molar-refractivity contribution is 0.389. The van der Waals surface area contributed by atoms with Crippen molar-refractivity contribution in [3.05, 3.63) is 34.9 Å². The molecule has 0 unspecified atom stereocenters. The molecular weight excluding hydrogens is 218 g/mol. The minimum Gasteiger partial charge on any atom is -0.310 e. The molecule has 1 nitrogen and oxygen atoms in total. The summed E-state index contributed by atoms with van der Waals surface area (Å²) in [6, 6.07) is 7.61. The molecule has 0 bridgehead atoms. The number of hydrogen-bond acceptors (Lipinski definition) is 1. The first-order chi connectivity index (χ1) is 8.74. The van der Waals surface area contributed by atoms with E-state index in [4.69, 9.17) is 0 Å². The molecule has 0 saturated heterocycles. The Morgan fingerprint density at radius 2 is 1.44 bits per heavy atom. The molecule has 1 aromatic rings. The maximum absolute atomic E-state index is 3.76. The second kappa shape index (κ2) is 6.94. The summed E-state index contributed by atoms with van der Waals surface area (Å²) < 4.78 is 0. The first kappa shape index (κ1) is 13.6. The normalized spacial score (nSPS) is 18.3. The molecule has 1 heteroatoms. The van der Waals surface area contributed by atoms with Crippen LogP contribution >= 0.6 is 0 Å². The minimum atomic E-state index is 0.742. The van der Waals surface area contributed by atoms with E-state index in [1.54, 1.807) is 0 Å². The molecule has 100 valence electrons. The lowest BCUT2D eigenvalue weighted by Gasteiger charge is -2.21. The Kier molecular flexibility index (Phi) is 5.25. The van der Waals surface area contributed by atoms with Crippen molar-refractivity contribution < 1.29 is 0 Å². The minimum absolute atomic E-state index is 0.742. The first-order valence-corrected chi connectivity index (χ1v) is 7.54. The Balaban J connectivity index is 1.85. The van der Waals surface area contributed by atoms with Gasteiger partial charge in [-0.3, -0.25) is 0 Å². The summed E-state index contributed by atoms with van der Waals surface area (Å²) in [5.74, 6) is 0. The van der Waals surface area contributed by atoms with Crippen LogP contribution in [0, 0.1) is 13.8 Å². The van der Waals surface area contributed by atoms with Gasteiger partial charge in [0.15, 0.2) is 0 Å². The van der Waals surface area contributed by atoms with Crippen molar-refractivity contribution in [3.8, 4) is 0 Å². The zero-order chi connectivity index (χ0) is 12.8. The molecule has 1 aliphatic rings. The van der Waals surface area contributed by atoms with E-state index < -0.39 is 0 Å². The summed E-state index contributed by atoms with van der Waals surface area (Å²) in [5, 5.41) is 3.76. The Hall–Kier alpha value is -0.820. The molecular formula is C17H27N. The van der Waals surface area contributed by atoms with Crippen LogP contribution in [0.1, 0.15) is 61.6 Å². The van der Waals surface area contributed by atoms with E-state index in [9.17, 15) is 0 Å². The number of hydrogen-bond donors (Lipinski definition) is 1. The van der Waals surface area contributed by atoms with E-state index in [1.165, 1.54) is 61.6 Å².